The molecule has 0 spiro atoms. The average Bonchev–Trinajstić information content (AvgIpc) is 2.33. The second-order valence-electron chi connectivity index (χ2n) is 4.86. The zero-order chi connectivity index (χ0) is 12.7. The molecule has 3 heteroatoms. The Labute approximate surface area is 109 Å². The van der Waals surface area contributed by atoms with Crippen LogP contribution in [0.3, 0.4) is 0 Å². The highest BCUT2D eigenvalue weighted by molar-refractivity contribution is 7.80. The van der Waals surface area contributed by atoms with E-state index in [1.54, 1.807) is 12.1 Å². The van der Waals surface area contributed by atoms with Crippen molar-refractivity contribution in [2.24, 2.45) is 5.41 Å². The Balaban J connectivity index is 2.83. The molecule has 0 bridgehead atoms. The topological polar surface area (TPSA) is 22.0 Å². The molecule has 1 rings (SSSR count). The lowest BCUT2D eigenvalue weighted by molar-refractivity contribution is 0.231. The van der Waals surface area contributed by atoms with Crippen LogP contribution in [0, 0.1) is 5.41 Å². The van der Waals surface area contributed by atoms with Gasteiger partial charge in [-0.1, -0.05) is 26.7 Å². The smallest absolute Gasteiger partial charge is 0.181 e. The summed E-state index contributed by atoms with van der Waals surface area (Å²) in [5, 5.41) is 0. The molecule has 0 amide bonds. The number of thiol groups is 1. The molecule has 0 aliphatic heterocycles. The number of pyridine rings is 1. The first-order chi connectivity index (χ1) is 8.15. The van der Waals surface area contributed by atoms with Crippen LogP contribution < -0.4 is 5.43 Å². The van der Waals surface area contributed by atoms with Crippen molar-refractivity contribution in [3.8, 4) is 0 Å². The molecule has 96 valence electrons. The second kappa shape index (κ2) is 6.90. The monoisotopic (exact) mass is 253 g/mol. The number of aromatic nitrogens is 1. The lowest BCUT2D eigenvalue weighted by Gasteiger charge is -2.33. The molecule has 0 aliphatic carbocycles. The van der Waals surface area contributed by atoms with Gasteiger partial charge in [-0.15, -0.1) is 0 Å². The van der Waals surface area contributed by atoms with E-state index in [9.17, 15) is 4.79 Å². The first-order valence-corrected chi connectivity index (χ1v) is 7.06. The van der Waals surface area contributed by atoms with Gasteiger partial charge in [0.25, 0.3) is 0 Å². The highest BCUT2D eigenvalue weighted by atomic mass is 32.1. The molecule has 0 aromatic carbocycles. The lowest BCUT2D eigenvalue weighted by atomic mass is 9.81. The SMILES string of the molecule is CCCC(CS)(CCC)Cn1ccc(=O)cc1. The normalized spacial score (nSPS) is 11.7. The summed E-state index contributed by atoms with van der Waals surface area (Å²) >= 11 is 4.54. The summed E-state index contributed by atoms with van der Waals surface area (Å²) in [6.07, 6.45) is 8.51. The Morgan fingerprint density at radius 1 is 1.18 bits per heavy atom. The largest absolute Gasteiger partial charge is 0.353 e. The quantitative estimate of drug-likeness (QED) is 0.739. The van der Waals surface area contributed by atoms with Crippen molar-refractivity contribution >= 4 is 12.6 Å². The molecule has 17 heavy (non-hydrogen) atoms. The van der Waals surface area contributed by atoms with E-state index in [0.29, 0.717) is 0 Å². The minimum Gasteiger partial charge on any atom is -0.353 e. The maximum Gasteiger partial charge on any atom is 0.181 e. The molecule has 0 aliphatic rings. The van der Waals surface area contributed by atoms with Crippen LogP contribution in [0.15, 0.2) is 29.3 Å². The lowest BCUT2D eigenvalue weighted by Crippen LogP contribution is -2.29. The molecule has 1 heterocycles. The standard InChI is InChI=1S/C14H23NOS/c1-3-7-14(12-17,8-4-2)11-15-9-5-13(16)6-10-15/h5-6,9-10,17H,3-4,7-8,11-12H2,1-2H3. The van der Waals surface area contributed by atoms with Gasteiger partial charge in [-0.25, -0.2) is 0 Å². The Hall–Kier alpha value is -0.700. The number of hydrogen-bond donors (Lipinski definition) is 1. The molecule has 1 aromatic heterocycles. The minimum atomic E-state index is 0.0729. The molecular formula is C14H23NOS. The molecule has 0 unspecified atom stereocenters. The van der Waals surface area contributed by atoms with E-state index >= 15 is 0 Å². The fourth-order valence-electron chi connectivity index (χ4n) is 2.49. The van der Waals surface area contributed by atoms with Crippen molar-refractivity contribution in [3.63, 3.8) is 0 Å². The Morgan fingerprint density at radius 3 is 2.12 bits per heavy atom. The van der Waals surface area contributed by atoms with E-state index in [-0.39, 0.29) is 10.8 Å². The van der Waals surface area contributed by atoms with Crippen molar-refractivity contribution in [1.29, 1.82) is 0 Å². The molecule has 0 atom stereocenters. The number of nitrogens with zero attached hydrogens (tertiary/aromatic N) is 1. The van der Waals surface area contributed by atoms with Crippen LogP contribution in [0.1, 0.15) is 39.5 Å². The Kier molecular flexibility index (Phi) is 5.83. The number of rotatable bonds is 7. The molecule has 0 saturated carbocycles. The van der Waals surface area contributed by atoms with Gasteiger partial charge < -0.3 is 4.57 Å². The molecular weight excluding hydrogens is 230 g/mol. The Bertz CT molecular complexity index is 360. The highest BCUT2D eigenvalue weighted by Crippen LogP contribution is 2.33. The maximum atomic E-state index is 11.1. The molecule has 0 fully saturated rings. The molecule has 0 radical (unpaired) electrons. The van der Waals surface area contributed by atoms with Gasteiger partial charge in [0, 0.05) is 31.1 Å². The third kappa shape index (κ3) is 4.23. The van der Waals surface area contributed by atoms with Gasteiger partial charge in [0.05, 0.1) is 0 Å². The van der Waals surface area contributed by atoms with E-state index in [1.807, 2.05) is 12.4 Å². The zero-order valence-electron chi connectivity index (χ0n) is 10.9. The van der Waals surface area contributed by atoms with E-state index in [1.165, 1.54) is 25.7 Å². The summed E-state index contributed by atoms with van der Waals surface area (Å²) < 4.78 is 2.11. The molecule has 1 aromatic rings. The third-order valence-corrected chi connectivity index (χ3v) is 3.95. The van der Waals surface area contributed by atoms with Gasteiger partial charge in [0.2, 0.25) is 0 Å². The van der Waals surface area contributed by atoms with E-state index in [4.69, 9.17) is 0 Å². The van der Waals surface area contributed by atoms with Gasteiger partial charge in [-0.3, -0.25) is 4.79 Å². The van der Waals surface area contributed by atoms with Crippen LogP contribution in [0.5, 0.6) is 0 Å². The van der Waals surface area contributed by atoms with Gasteiger partial charge >= 0.3 is 0 Å². The van der Waals surface area contributed by atoms with Crippen LogP contribution in [0.4, 0.5) is 0 Å². The second-order valence-corrected chi connectivity index (χ2v) is 5.18. The highest BCUT2D eigenvalue weighted by Gasteiger charge is 2.26. The summed E-state index contributed by atoms with van der Waals surface area (Å²) in [6.45, 7) is 5.40. The number of hydrogen-bond acceptors (Lipinski definition) is 2. The van der Waals surface area contributed by atoms with Gasteiger partial charge in [-0.05, 0) is 24.0 Å². The Morgan fingerprint density at radius 2 is 1.71 bits per heavy atom. The van der Waals surface area contributed by atoms with Crippen molar-refractivity contribution in [2.75, 3.05) is 5.75 Å². The summed E-state index contributed by atoms with van der Waals surface area (Å²) in [6, 6.07) is 3.25. The fourth-order valence-corrected chi connectivity index (χ4v) is 2.90. The van der Waals surface area contributed by atoms with E-state index < -0.39 is 0 Å². The van der Waals surface area contributed by atoms with Crippen molar-refractivity contribution in [2.45, 2.75) is 46.1 Å². The van der Waals surface area contributed by atoms with Gasteiger partial charge in [-0.2, -0.15) is 12.6 Å². The predicted octanol–water partition coefficient (Wildman–Crippen LogP) is 3.36. The van der Waals surface area contributed by atoms with Crippen molar-refractivity contribution in [1.82, 2.24) is 4.57 Å². The molecule has 2 nitrogen and oxygen atoms in total. The predicted molar refractivity (Wildman–Crippen MR) is 76.8 cm³/mol. The first kappa shape index (κ1) is 14.4. The summed E-state index contributed by atoms with van der Waals surface area (Å²) in [5.74, 6) is 0.904. The van der Waals surface area contributed by atoms with Gasteiger partial charge in [0.1, 0.15) is 0 Å². The van der Waals surface area contributed by atoms with Crippen LogP contribution in [-0.2, 0) is 6.54 Å². The molecule has 0 saturated heterocycles. The van der Waals surface area contributed by atoms with Crippen LogP contribution in [-0.4, -0.2) is 10.3 Å². The fraction of sp³-hybridized carbons (Fsp3) is 0.643. The van der Waals surface area contributed by atoms with Gasteiger partial charge in [0.15, 0.2) is 5.43 Å². The molecule has 0 N–H and O–H groups in total. The van der Waals surface area contributed by atoms with Crippen molar-refractivity contribution < 1.29 is 0 Å². The summed E-state index contributed by atoms with van der Waals surface area (Å²) in [7, 11) is 0. The third-order valence-electron chi connectivity index (χ3n) is 3.27. The average molecular weight is 253 g/mol. The van der Waals surface area contributed by atoms with E-state index in [2.05, 4.69) is 31.0 Å². The van der Waals surface area contributed by atoms with Crippen LogP contribution in [0.2, 0.25) is 0 Å². The van der Waals surface area contributed by atoms with E-state index in [0.717, 1.165) is 12.3 Å². The summed E-state index contributed by atoms with van der Waals surface area (Å²) in [4.78, 5) is 11.1. The zero-order valence-corrected chi connectivity index (χ0v) is 11.7. The first-order valence-electron chi connectivity index (χ1n) is 6.43. The minimum absolute atomic E-state index is 0.0729. The van der Waals surface area contributed by atoms with Crippen molar-refractivity contribution in [3.05, 3.63) is 34.7 Å². The summed E-state index contributed by atoms with van der Waals surface area (Å²) in [5.41, 5.74) is 0.338. The van der Waals surface area contributed by atoms with Crippen LogP contribution in [0.25, 0.3) is 0 Å². The van der Waals surface area contributed by atoms with Crippen LogP contribution >= 0.6 is 12.6 Å². The maximum absolute atomic E-state index is 11.1.